The summed E-state index contributed by atoms with van der Waals surface area (Å²) in [5, 5.41) is 5.03. The summed E-state index contributed by atoms with van der Waals surface area (Å²) in [4.78, 5) is 51.9. The lowest BCUT2D eigenvalue weighted by atomic mass is 9.79. The molecule has 0 bridgehead atoms. The molecule has 2 N–H and O–H groups in total. The third-order valence-electron chi connectivity index (χ3n) is 7.49. The van der Waals surface area contributed by atoms with Crippen molar-refractivity contribution in [2.75, 3.05) is 19.7 Å². The van der Waals surface area contributed by atoms with Crippen molar-refractivity contribution in [3.8, 4) is 0 Å². The predicted octanol–water partition coefficient (Wildman–Crippen LogP) is 1.92. The van der Waals surface area contributed by atoms with Gasteiger partial charge >= 0.3 is 6.36 Å². The Morgan fingerprint density at radius 1 is 1.17 bits per heavy atom. The number of ketones is 1. The van der Waals surface area contributed by atoms with E-state index >= 15 is 0 Å². The average Bonchev–Trinajstić information content (AvgIpc) is 3.18. The number of carbonyl (C=O) groups excluding carboxylic acids is 4. The number of hydrogen-bond donors (Lipinski definition) is 2. The van der Waals surface area contributed by atoms with Crippen LogP contribution in [0, 0.1) is 17.3 Å². The van der Waals surface area contributed by atoms with Crippen molar-refractivity contribution in [2.24, 2.45) is 17.3 Å². The number of hydrogen-bond acceptors (Lipinski definition) is 5. The van der Waals surface area contributed by atoms with E-state index in [1.54, 1.807) is 0 Å². The van der Waals surface area contributed by atoms with E-state index in [1.165, 1.54) is 4.90 Å². The number of halogens is 5. The topological polar surface area (TPSA) is 105 Å². The van der Waals surface area contributed by atoms with Gasteiger partial charge < -0.3 is 15.5 Å². The zero-order valence-corrected chi connectivity index (χ0v) is 19.0. The highest BCUT2D eigenvalue weighted by molar-refractivity contribution is 5.94. The van der Waals surface area contributed by atoms with Crippen LogP contribution in [0.3, 0.4) is 0 Å². The number of ether oxygens (including phenoxy) is 1. The number of Topliss-reactive ketones (excluding diaryl/α,β-unsaturated/α-hetero) is 1. The summed E-state index contributed by atoms with van der Waals surface area (Å²) in [5.41, 5.74) is -0.231. The van der Waals surface area contributed by atoms with Gasteiger partial charge in [0.2, 0.25) is 23.6 Å². The number of rotatable bonds is 9. The minimum atomic E-state index is -5.04. The first-order valence-corrected chi connectivity index (χ1v) is 11.7. The second-order valence-corrected chi connectivity index (χ2v) is 10.4. The molecule has 2 aliphatic carbocycles. The van der Waals surface area contributed by atoms with E-state index < -0.39 is 60.4 Å². The monoisotopic (exact) mass is 509 g/mol. The molecule has 3 amide bonds. The number of carbonyl (C=O) groups is 4. The third kappa shape index (κ3) is 6.28. The molecule has 196 valence electrons. The first-order chi connectivity index (χ1) is 16.3. The molecule has 4 fully saturated rings. The lowest BCUT2D eigenvalue weighted by molar-refractivity contribution is -0.321. The van der Waals surface area contributed by atoms with Crippen LogP contribution in [0.4, 0.5) is 22.0 Å². The second-order valence-electron chi connectivity index (χ2n) is 10.4. The van der Waals surface area contributed by atoms with E-state index in [1.807, 2.05) is 0 Å². The molecule has 4 aliphatic rings. The molecular formula is C22H28F5N3O5. The molecule has 2 saturated heterocycles. The fraction of sp³-hybridized carbons (Fsp3) is 0.818. The van der Waals surface area contributed by atoms with Crippen molar-refractivity contribution in [3.63, 3.8) is 0 Å². The SMILES string of the molecule is O=C1NCC[C@H]1C[C@H](NC(=O)[C@@H]1CC2(CC2)CN1C(=O)CC1CC(F)(F)C1)C(=O)COC(F)(F)F. The minimum absolute atomic E-state index is 0.112. The quantitative estimate of drug-likeness (QED) is 0.463. The maximum atomic E-state index is 13.2. The fourth-order valence-corrected chi connectivity index (χ4v) is 5.33. The molecule has 1 spiro atoms. The first-order valence-electron chi connectivity index (χ1n) is 11.7. The van der Waals surface area contributed by atoms with Gasteiger partial charge in [0.05, 0.1) is 6.04 Å². The Balaban J connectivity index is 1.42. The van der Waals surface area contributed by atoms with Gasteiger partial charge in [0.15, 0.2) is 5.78 Å². The maximum Gasteiger partial charge on any atom is 0.522 e. The van der Waals surface area contributed by atoms with Gasteiger partial charge in [-0.25, -0.2) is 8.78 Å². The van der Waals surface area contributed by atoms with E-state index in [2.05, 4.69) is 15.4 Å². The van der Waals surface area contributed by atoms with Gasteiger partial charge in [-0.2, -0.15) is 0 Å². The number of likely N-dealkylation sites (tertiary alicyclic amines) is 1. The van der Waals surface area contributed by atoms with Crippen molar-refractivity contribution in [1.29, 1.82) is 0 Å². The maximum absolute atomic E-state index is 13.2. The smallest absolute Gasteiger partial charge is 0.356 e. The molecule has 2 heterocycles. The van der Waals surface area contributed by atoms with Crippen molar-refractivity contribution in [2.45, 2.75) is 75.7 Å². The lowest BCUT2D eigenvalue weighted by Crippen LogP contribution is -2.52. The Morgan fingerprint density at radius 2 is 1.86 bits per heavy atom. The van der Waals surface area contributed by atoms with Gasteiger partial charge in [-0.15, -0.1) is 13.2 Å². The zero-order chi connectivity index (χ0) is 25.6. The van der Waals surface area contributed by atoms with E-state index in [0.29, 0.717) is 25.9 Å². The molecule has 2 saturated carbocycles. The molecule has 13 heteroatoms. The summed E-state index contributed by atoms with van der Waals surface area (Å²) in [6.45, 7) is -0.672. The summed E-state index contributed by atoms with van der Waals surface area (Å²) in [6.07, 6.45) is -3.82. The summed E-state index contributed by atoms with van der Waals surface area (Å²) in [5.74, 6) is -6.43. The van der Waals surface area contributed by atoms with Crippen LogP contribution >= 0.6 is 0 Å². The molecule has 0 aromatic carbocycles. The second kappa shape index (κ2) is 9.29. The molecule has 35 heavy (non-hydrogen) atoms. The molecule has 2 aliphatic heterocycles. The van der Waals surface area contributed by atoms with Crippen molar-refractivity contribution in [1.82, 2.24) is 15.5 Å². The Bertz CT molecular complexity index is 883. The van der Waals surface area contributed by atoms with Crippen LogP contribution in [0.15, 0.2) is 0 Å². The van der Waals surface area contributed by atoms with Crippen LogP contribution in [-0.2, 0) is 23.9 Å². The minimum Gasteiger partial charge on any atom is -0.356 e. The first kappa shape index (κ1) is 25.8. The highest BCUT2D eigenvalue weighted by Crippen LogP contribution is 2.55. The number of nitrogens with zero attached hydrogens (tertiary/aromatic N) is 1. The fourth-order valence-electron chi connectivity index (χ4n) is 5.33. The number of amides is 3. The Morgan fingerprint density at radius 3 is 2.40 bits per heavy atom. The van der Waals surface area contributed by atoms with Crippen LogP contribution in [0.25, 0.3) is 0 Å². The Kier molecular flexibility index (Phi) is 6.84. The van der Waals surface area contributed by atoms with E-state index in [-0.39, 0.29) is 37.0 Å². The largest absolute Gasteiger partial charge is 0.522 e. The summed E-state index contributed by atoms with van der Waals surface area (Å²) in [7, 11) is 0. The van der Waals surface area contributed by atoms with E-state index in [0.717, 1.165) is 12.8 Å². The van der Waals surface area contributed by atoms with E-state index in [9.17, 15) is 41.1 Å². The van der Waals surface area contributed by atoms with Gasteiger partial charge in [0.1, 0.15) is 12.6 Å². The average molecular weight is 509 g/mol. The molecule has 0 aromatic rings. The predicted molar refractivity (Wildman–Crippen MR) is 109 cm³/mol. The van der Waals surface area contributed by atoms with Crippen LogP contribution in [0.1, 0.15) is 51.4 Å². The van der Waals surface area contributed by atoms with Gasteiger partial charge in [0.25, 0.3) is 0 Å². The summed E-state index contributed by atoms with van der Waals surface area (Å²) >= 11 is 0. The van der Waals surface area contributed by atoms with Crippen LogP contribution < -0.4 is 10.6 Å². The van der Waals surface area contributed by atoms with E-state index in [4.69, 9.17) is 0 Å². The van der Waals surface area contributed by atoms with Crippen LogP contribution in [0.2, 0.25) is 0 Å². The molecule has 0 unspecified atom stereocenters. The lowest BCUT2D eigenvalue weighted by Gasteiger charge is -2.36. The molecule has 0 aromatic heterocycles. The standard InChI is InChI=1S/C22H28F5N3O5/c23-21(24)7-12(8-21)5-17(32)30-11-20(2-3-20)9-15(30)19(34)29-14(6-13-1-4-28-18(13)33)16(31)10-35-22(25,26)27/h12-15H,1-11H2,(H,28,33)(H,29,34)/t13-,14-,15-/m0/s1. The molecule has 0 radical (unpaired) electrons. The Labute approximate surface area is 198 Å². The van der Waals surface area contributed by atoms with Gasteiger partial charge in [0, 0.05) is 38.3 Å². The summed E-state index contributed by atoms with van der Waals surface area (Å²) in [6, 6.07) is -2.36. The Hall–Kier alpha value is -2.31. The number of alkyl halides is 5. The molecule has 8 nitrogen and oxygen atoms in total. The highest BCUT2D eigenvalue weighted by Gasteiger charge is 2.56. The number of nitrogens with one attached hydrogen (secondary N) is 2. The van der Waals surface area contributed by atoms with Crippen molar-refractivity contribution >= 4 is 23.5 Å². The van der Waals surface area contributed by atoms with Gasteiger partial charge in [-0.3, -0.25) is 23.9 Å². The normalized spacial score (nSPS) is 27.9. The van der Waals surface area contributed by atoms with Crippen molar-refractivity contribution in [3.05, 3.63) is 0 Å². The van der Waals surface area contributed by atoms with Gasteiger partial charge in [-0.05, 0) is 43.4 Å². The van der Waals surface area contributed by atoms with Crippen molar-refractivity contribution < 1.29 is 45.9 Å². The highest BCUT2D eigenvalue weighted by atomic mass is 19.4. The molecular weight excluding hydrogens is 481 g/mol. The molecule has 4 rings (SSSR count). The summed E-state index contributed by atoms with van der Waals surface area (Å²) < 4.78 is 67.3. The zero-order valence-electron chi connectivity index (χ0n) is 19.0. The van der Waals surface area contributed by atoms with Crippen LogP contribution in [0.5, 0.6) is 0 Å². The third-order valence-corrected chi connectivity index (χ3v) is 7.49. The molecule has 3 atom stereocenters. The van der Waals surface area contributed by atoms with Gasteiger partial charge in [-0.1, -0.05) is 0 Å². The van der Waals surface area contributed by atoms with Crippen LogP contribution in [-0.4, -0.2) is 72.5 Å².